The SMILES string of the molecule is CC(CN)(CO)c1ccc2c(c1)OCO2. The summed E-state index contributed by atoms with van der Waals surface area (Å²) in [6, 6.07) is 5.64. The molecule has 1 atom stereocenters. The summed E-state index contributed by atoms with van der Waals surface area (Å²) in [5.74, 6) is 1.47. The average molecular weight is 209 g/mol. The molecule has 0 radical (unpaired) electrons. The Kier molecular flexibility index (Phi) is 2.54. The molecule has 1 aliphatic rings. The summed E-state index contributed by atoms with van der Waals surface area (Å²) in [5, 5.41) is 9.34. The third-order valence-corrected chi connectivity index (χ3v) is 2.87. The first kappa shape index (κ1) is 10.3. The molecule has 0 spiro atoms. The van der Waals surface area contributed by atoms with Gasteiger partial charge in [0.05, 0.1) is 6.61 Å². The Morgan fingerprint density at radius 3 is 2.80 bits per heavy atom. The second kappa shape index (κ2) is 3.72. The lowest BCUT2D eigenvalue weighted by Crippen LogP contribution is -2.35. The van der Waals surface area contributed by atoms with Crippen LogP contribution in [-0.2, 0) is 5.41 Å². The lowest BCUT2D eigenvalue weighted by atomic mass is 9.83. The first-order valence-corrected chi connectivity index (χ1v) is 4.91. The van der Waals surface area contributed by atoms with Gasteiger partial charge < -0.3 is 20.3 Å². The Labute approximate surface area is 88.6 Å². The van der Waals surface area contributed by atoms with Gasteiger partial charge in [-0.1, -0.05) is 13.0 Å². The number of nitrogens with two attached hydrogens (primary N) is 1. The van der Waals surface area contributed by atoms with Crippen LogP contribution in [0.4, 0.5) is 0 Å². The predicted octanol–water partition coefficient (Wildman–Crippen LogP) is 0.624. The number of rotatable bonds is 3. The molecule has 1 heterocycles. The second-order valence-corrected chi connectivity index (χ2v) is 3.99. The van der Waals surface area contributed by atoms with Crippen LogP contribution in [0.25, 0.3) is 0 Å². The topological polar surface area (TPSA) is 64.7 Å². The van der Waals surface area contributed by atoms with E-state index < -0.39 is 5.41 Å². The van der Waals surface area contributed by atoms with Crippen LogP contribution in [-0.4, -0.2) is 25.1 Å². The van der Waals surface area contributed by atoms with E-state index in [9.17, 15) is 5.11 Å². The zero-order valence-corrected chi connectivity index (χ0v) is 8.69. The molecule has 0 fully saturated rings. The minimum Gasteiger partial charge on any atom is -0.454 e. The Bertz CT molecular complexity index is 361. The number of ether oxygens (including phenoxy) is 2. The van der Waals surface area contributed by atoms with Crippen molar-refractivity contribution in [2.45, 2.75) is 12.3 Å². The molecule has 0 aliphatic carbocycles. The van der Waals surface area contributed by atoms with Crippen molar-refractivity contribution in [3.05, 3.63) is 23.8 Å². The van der Waals surface area contributed by atoms with Crippen LogP contribution in [0, 0.1) is 0 Å². The van der Waals surface area contributed by atoms with Crippen molar-refractivity contribution in [2.24, 2.45) is 5.73 Å². The molecule has 4 heteroatoms. The molecule has 1 aromatic carbocycles. The van der Waals surface area contributed by atoms with Gasteiger partial charge in [0.15, 0.2) is 11.5 Å². The van der Waals surface area contributed by atoms with Crippen LogP contribution in [0.1, 0.15) is 12.5 Å². The Morgan fingerprint density at radius 1 is 1.40 bits per heavy atom. The summed E-state index contributed by atoms with van der Waals surface area (Å²) in [6.45, 7) is 2.59. The van der Waals surface area contributed by atoms with Gasteiger partial charge in [-0.15, -0.1) is 0 Å². The molecule has 1 aromatic rings. The lowest BCUT2D eigenvalue weighted by molar-refractivity contribution is 0.173. The minimum atomic E-state index is -0.416. The van der Waals surface area contributed by atoms with Gasteiger partial charge in [-0.05, 0) is 17.7 Å². The van der Waals surface area contributed by atoms with Gasteiger partial charge in [-0.3, -0.25) is 0 Å². The van der Waals surface area contributed by atoms with Gasteiger partial charge in [-0.2, -0.15) is 0 Å². The van der Waals surface area contributed by atoms with Gasteiger partial charge in [0, 0.05) is 12.0 Å². The first-order chi connectivity index (χ1) is 7.19. The molecule has 0 saturated heterocycles. The lowest BCUT2D eigenvalue weighted by Gasteiger charge is -2.25. The zero-order valence-electron chi connectivity index (χ0n) is 8.69. The highest BCUT2D eigenvalue weighted by Gasteiger charge is 2.26. The number of hydrogen-bond donors (Lipinski definition) is 2. The van der Waals surface area contributed by atoms with Crippen LogP contribution >= 0.6 is 0 Å². The normalized spacial score (nSPS) is 17.5. The maximum atomic E-state index is 9.34. The molecule has 4 nitrogen and oxygen atoms in total. The zero-order chi connectivity index (χ0) is 10.9. The number of aliphatic hydroxyl groups is 1. The molecular formula is C11H15NO3. The van der Waals surface area contributed by atoms with Crippen LogP contribution in [0.5, 0.6) is 11.5 Å². The quantitative estimate of drug-likeness (QED) is 0.766. The molecular weight excluding hydrogens is 194 g/mol. The van der Waals surface area contributed by atoms with E-state index >= 15 is 0 Å². The van der Waals surface area contributed by atoms with Crippen molar-refractivity contribution in [1.29, 1.82) is 0 Å². The Balaban J connectivity index is 2.37. The van der Waals surface area contributed by atoms with Crippen molar-refractivity contribution in [3.63, 3.8) is 0 Å². The molecule has 82 valence electrons. The van der Waals surface area contributed by atoms with E-state index in [2.05, 4.69) is 0 Å². The van der Waals surface area contributed by atoms with Gasteiger partial charge in [0.1, 0.15) is 0 Å². The largest absolute Gasteiger partial charge is 0.454 e. The van der Waals surface area contributed by atoms with E-state index in [0.717, 1.165) is 17.1 Å². The maximum absolute atomic E-state index is 9.34. The highest BCUT2D eigenvalue weighted by atomic mass is 16.7. The Hall–Kier alpha value is -1.26. The fourth-order valence-electron chi connectivity index (χ4n) is 1.55. The van der Waals surface area contributed by atoms with Crippen molar-refractivity contribution < 1.29 is 14.6 Å². The van der Waals surface area contributed by atoms with E-state index in [-0.39, 0.29) is 13.4 Å². The molecule has 0 aromatic heterocycles. The van der Waals surface area contributed by atoms with Crippen molar-refractivity contribution >= 4 is 0 Å². The summed E-state index contributed by atoms with van der Waals surface area (Å²) in [4.78, 5) is 0. The molecule has 2 rings (SSSR count). The van der Waals surface area contributed by atoms with Crippen LogP contribution in [0.2, 0.25) is 0 Å². The second-order valence-electron chi connectivity index (χ2n) is 3.99. The van der Waals surface area contributed by atoms with Gasteiger partial charge >= 0.3 is 0 Å². The smallest absolute Gasteiger partial charge is 0.231 e. The third kappa shape index (κ3) is 1.66. The first-order valence-electron chi connectivity index (χ1n) is 4.91. The number of aliphatic hydroxyl groups excluding tert-OH is 1. The van der Waals surface area contributed by atoms with Crippen LogP contribution in [0.15, 0.2) is 18.2 Å². The highest BCUT2D eigenvalue weighted by Crippen LogP contribution is 2.35. The average Bonchev–Trinajstić information content (AvgIpc) is 2.74. The number of hydrogen-bond acceptors (Lipinski definition) is 4. The molecule has 3 N–H and O–H groups in total. The predicted molar refractivity (Wildman–Crippen MR) is 56.1 cm³/mol. The number of fused-ring (bicyclic) bond motifs is 1. The highest BCUT2D eigenvalue weighted by molar-refractivity contribution is 5.46. The Morgan fingerprint density at radius 2 is 2.13 bits per heavy atom. The summed E-state index contributed by atoms with van der Waals surface area (Å²) in [6.07, 6.45) is 0. The van der Waals surface area contributed by atoms with E-state index in [1.807, 2.05) is 25.1 Å². The summed E-state index contributed by atoms with van der Waals surface area (Å²) in [7, 11) is 0. The molecule has 1 unspecified atom stereocenters. The summed E-state index contributed by atoms with van der Waals surface area (Å²) < 4.78 is 10.5. The fraction of sp³-hybridized carbons (Fsp3) is 0.455. The van der Waals surface area contributed by atoms with E-state index in [1.165, 1.54) is 0 Å². The van der Waals surface area contributed by atoms with Crippen LogP contribution < -0.4 is 15.2 Å². The van der Waals surface area contributed by atoms with E-state index in [4.69, 9.17) is 15.2 Å². The standard InChI is InChI=1S/C11H15NO3/c1-11(5-12,6-13)8-2-3-9-10(4-8)15-7-14-9/h2-4,13H,5-7,12H2,1H3. The molecule has 1 aliphatic heterocycles. The van der Waals surface area contributed by atoms with E-state index in [1.54, 1.807) is 0 Å². The number of benzene rings is 1. The maximum Gasteiger partial charge on any atom is 0.231 e. The fourth-order valence-corrected chi connectivity index (χ4v) is 1.55. The van der Waals surface area contributed by atoms with Gasteiger partial charge in [0.2, 0.25) is 6.79 Å². The minimum absolute atomic E-state index is 0.0170. The van der Waals surface area contributed by atoms with Crippen molar-refractivity contribution in [1.82, 2.24) is 0 Å². The monoisotopic (exact) mass is 209 g/mol. The molecule has 0 saturated carbocycles. The van der Waals surface area contributed by atoms with E-state index in [0.29, 0.717) is 6.54 Å². The molecule has 0 amide bonds. The molecule has 15 heavy (non-hydrogen) atoms. The third-order valence-electron chi connectivity index (χ3n) is 2.87. The van der Waals surface area contributed by atoms with Gasteiger partial charge in [0.25, 0.3) is 0 Å². The van der Waals surface area contributed by atoms with Gasteiger partial charge in [-0.25, -0.2) is 0 Å². The van der Waals surface area contributed by atoms with Crippen molar-refractivity contribution in [3.8, 4) is 11.5 Å². The molecule has 0 bridgehead atoms. The summed E-state index contributed by atoms with van der Waals surface area (Å²) >= 11 is 0. The van der Waals surface area contributed by atoms with Crippen molar-refractivity contribution in [2.75, 3.05) is 19.9 Å². The van der Waals surface area contributed by atoms with Crippen LogP contribution in [0.3, 0.4) is 0 Å². The summed E-state index contributed by atoms with van der Waals surface area (Å²) in [5.41, 5.74) is 6.22.